The highest BCUT2D eigenvalue weighted by Crippen LogP contribution is 2.31. The number of urea groups is 1. The molecule has 8 heteroatoms. The molecule has 1 aromatic heterocycles. The van der Waals surface area contributed by atoms with Crippen LogP contribution in [0.15, 0.2) is 16.3 Å². The van der Waals surface area contributed by atoms with E-state index in [1.807, 2.05) is 6.07 Å². The Bertz CT molecular complexity index is 647. The molecule has 0 radical (unpaired) electrons. The SMILES string of the molecule is CC(C)(C)c1ccc(S(=O)(=O)NCC2CCN(C(N)=O)C2)s1. The maximum atomic E-state index is 12.3. The molecule has 2 heterocycles. The number of carbonyl (C=O) groups is 1. The minimum absolute atomic E-state index is 0.0636. The van der Waals surface area contributed by atoms with Gasteiger partial charge in [0.2, 0.25) is 10.0 Å². The van der Waals surface area contributed by atoms with Gasteiger partial charge in [-0.1, -0.05) is 20.8 Å². The Morgan fingerprint density at radius 2 is 2.14 bits per heavy atom. The van der Waals surface area contributed by atoms with Crippen LogP contribution >= 0.6 is 11.3 Å². The molecule has 1 saturated heterocycles. The standard InChI is InChI=1S/C14H23N3O3S2/c1-14(2,3)11-4-5-12(21-11)22(19,20)16-8-10-6-7-17(9-10)13(15)18/h4-5,10,16H,6-9H2,1-3H3,(H2,15,18). The van der Waals surface area contributed by atoms with Crippen molar-refractivity contribution in [2.24, 2.45) is 11.7 Å². The first-order valence-corrected chi connectivity index (χ1v) is 9.54. The maximum absolute atomic E-state index is 12.3. The molecule has 1 fully saturated rings. The maximum Gasteiger partial charge on any atom is 0.314 e. The van der Waals surface area contributed by atoms with E-state index in [0.717, 1.165) is 11.3 Å². The lowest BCUT2D eigenvalue weighted by Gasteiger charge is -2.15. The number of nitrogens with one attached hydrogen (secondary N) is 1. The summed E-state index contributed by atoms with van der Waals surface area (Å²) in [7, 11) is -3.49. The lowest BCUT2D eigenvalue weighted by molar-refractivity contribution is 0.217. The van der Waals surface area contributed by atoms with E-state index in [2.05, 4.69) is 25.5 Å². The van der Waals surface area contributed by atoms with Crippen molar-refractivity contribution in [3.05, 3.63) is 17.0 Å². The molecule has 1 unspecified atom stereocenters. The van der Waals surface area contributed by atoms with E-state index in [1.54, 1.807) is 11.0 Å². The van der Waals surface area contributed by atoms with Crippen LogP contribution in [0.1, 0.15) is 32.1 Å². The second-order valence-corrected chi connectivity index (χ2v) is 9.74. The summed E-state index contributed by atoms with van der Waals surface area (Å²) in [5.41, 5.74) is 5.16. The second-order valence-electron chi connectivity index (χ2n) is 6.66. The van der Waals surface area contributed by atoms with E-state index in [0.29, 0.717) is 23.8 Å². The van der Waals surface area contributed by atoms with Crippen LogP contribution in [0.3, 0.4) is 0 Å². The quantitative estimate of drug-likeness (QED) is 0.870. The van der Waals surface area contributed by atoms with E-state index in [4.69, 9.17) is 5.73 Å². The number of sulfonamides is 1. The molecule has 0 spiro atoms. The van der Waals surface area contributed by atoms with Gasteiger partial charge in [-0.2, -0.15) is 0 Å². The van der Waals surface area contributed by atoms with Crippen molar-refractivity contribution in [1.29, 1.82) is 0 Å². The van der Waals surface area contributed by atoms with Crippen LogP contribution in [0.25, 0.3) is 0 Å². The number of thiophene rings is 1. The molecule has 1 aliphatic heterocycles. The molecule has 1 atom stereocenters. The van der Waals surface area contributed by atoms with E-state index in [9.17, 15) is 13.2 Å². The van der Waals surface area contributed by atoms with E-state index in [1.165, 1.54) is 11.3 Å². The van der Waals surface area contributed by atoms with E-state index in [-0.39, 0.29) is 11.3 Å². The molecular weight excluding hydrogens is 322 g/mol. The van der Waals surface area contributed by atoms with Crippen molar-refractivity contribution in [2.75, 3.05) is 19.6 Å². The van der Waals surface area contributed by atoms with Crippen molar-refractivity contribution in [1.82, 2.24) is 9.62 Å². The Labute approximate surface area is 135 Å². The summed E-state index contributed by atoms with van der Waals surface area (Å²) in [6.07, 6.45) is 0.767. The Balaban J connectivity index is 1.97. The number of hydrogen-bond donors (Lipinski definition) is 2. The van der Waals surface area contributed by atoms with Crippen molar-refractivity contribution in [3.63, 3.8) is 0 Å². The Kier molecular flexibility index (Phi) is 4.84. The number of nitrogens with two attached hydrogens (primary N) is 1. The van der Waals surface area contributed by atoms with Crippen molar-refractivity contribution >= 4 is 27.4 Å². The van der Waals surface area contributed by atoms with Crippen LogP contribution < -0.4 is 10.5 Å². The first kappa shape index (κ1) is 17.2. The van der Waals surface area contributed by atoms with Crippen molar-refractivity contribution in [3.8, 4) is 0 Å². The molecule has 0 bridgehead atoms. The van der Waals surface area contributed by atoms with Gasteiger partial charge in [-0.25, -0.2) is 17.9 Å². The molecule has 3 N–H and O–H groups in total. The largest absolute Gasteiger partial charge is 0.351 e. The van der Waals surface area contributed by atoms with Gasteiger partial charge in [0.15, 0.2) is 0 Å². The highest BCUT2D eigenvalue weighted by molar-refractivity contribution is 7.91. The first-order chi connectivity index (χ1) is 10.1. The van der Waals surface area contributed by atoms with Crippen molar-refractivity contribution in [2.45, 2.75) is 36.8 Å². The Morgan fingerprint density at radius 3 is 2.64 bits per heavy atom. The third kappa shape index (κ3) is 3.99. The fourth-order valence-corrected chi connectivity index (χ4v) is 4.89. The number of hydrogen-bond acceptors (Lipinski definition) is 4. The third-order valence-corrected chi connectivity index (χ3v) is 7.17. The molecule has 0 saturated carbocycles. The normalized spacial score (nSPS) is 19.6. The van der Waals surface area contributed by atoms with E-state index >= 15 is 0 Å². The smallest absolute Gasteiger partial charge is 0.314 e. The Hall–Kier alpha value is -1.12. The lowest BCUT2D eigenvalue weighted by atomic mass is 9.95. The summed E-state index contributed by atoms with van der Waals surface area (Å²) in [5, 5.41) is 0. The number of likely N-dealkylation sites (tertiary alicyclic amines) is 1. The zero-order chi connectivity index (χ0) is 16.5. The first-order valence-electron chi connectivity index (χ1n) is 7.24. The van der Waals surface area contributed by atoms with Gasteiger partial charge < -0.3 is 10.6 Å². The number of amides is 2. The van der Waals surface area contributed by atoms with Gasteiger partial charge in [0.05, 0.1) is 0 Å². The fraction of sp³-hybridized carbons (Fsp3) is 0.643. The number of rotatable bonds is 4. The van der Waals surface area contributed by atoms with Gasteiger partial charge >= 0.3 is 6.03 Å². The second kappa shape index (κ2) is 6.17. The van der Waals surface area contributed by atoms with Gasteiger partial charge in [-0.15, -0.1) is 11.3 Å². The molecule has 1 aliphatic rings. The summed E-state index contributed by atoms with van der Waals surface area (Å²) < 4.78 is 27.7. The van der Waals surface area contributed by atoms with Crippen LogP contribution in [0, 0.1) is 5.92 Å². The minimum atomic E-state index is -3.49. The van der Waals surface area contributed by atoms with Crippen LogP contribution in [0.4, 0.5) is 4.79 Å². The van der Waals surface area contributed by atoms with Gasteiger partial charge in [0.25, 0.3) is 0 Å². The van der Waals surface area contributed by atoms with Gasteiger partial charge in [-0.3, -0.25) is 0 Å². The van der Waals surface area contributed by atoms with Gasteiger partial charge in [0.1, 0.15) is 4.21 Å². The van der Waals surface area contributed by atoms with Crippen molar-refractivity contribution < 1.29 is 13.2 Å². The zero-order valence-corrected chi connectivity index (χ0v) is 14.8. The lowest BCUT2D eigenvalue weighted by Crippen LogP contribution is -2.35. The molecule has 22 heavy (non-hydrogen) atoms. The summed E-state index contributed by atoms with van der Waals surface area (Å²) in [4.78, 5) is 13.7. The molecule has 2 amide bonds. The zero-order valence-electron chi connectivity index (χ0n) is 13.1. The van der Waals surface area contributed by atoms with E-state index < -0.39 is 16.1 Å². The Morgan fingerprint density at radius 1 is 1.45 bits per heavy atom. The molecule has 1 aromatic rings. The molecule has 0 aromatic carbocycles. The van der Waals surface area contributed by atoms with Crippen LogP contribution in [-0.2, 0) is 15.4 Å². The predicted molar refractivity (Wildman–Crippen MR) is 87.5 cm³/mol. The summed E-state index contributed by atoms with van der Waals surface area (Å²) in [6, 6.07) is 3.07. The topological polar surface area (TPSA) is 92.5 Å². The summed E-state index contributed by atoms with van der Waals surface area (Å²) in [6.45, 7) is 7.60. The monoisotopic (exact) mass is 345 g/mol. The average molecular weight is 345 g/mol. The van der Waals surface area contributed by atoms with Crippen LogP contribution in [0.5, 0.6) is 0 Å². The average Bonchev–Trinajstić information content (AvgIpc) is 3.05. The summed E-state index contributed by atoms with van der Waals surface area (Å²) >= 11 is 1.30. The van der Waals surface area contributed by atoms with Gasteiger partial charge in [-0.05, 0) is 29.9 Å². The fourth-order valence-electron chi connectivity index (χ4n) is 2.37. The number of nitrogens with zero attached hydrogens (tertiary/aromatic N) is 1. The minimum Gasteiger partial charge on any atom is -0.351 e. The molecular formula is C14H23N3O3S2. The van der Waals surface area contributed by atoms with Gasteiger partial charge in [0, 0.05) is 24.5 Å². The highest BCUT2D eigenvalue weighted by Gasteiger charge is 2.27. The number of carbonyl (C=O) groups excluding carboxylic acids is 1. The number of primary amides is 1. The molecule has 2 rings (SSSR count). The third-order valence-electron chi connectivity index (χ3n) is 3.74. The molecule has 6 nitrogen and oxygen atoms in total. The van der Waals surface area contributed by atoms with Crippen LogP contribution in [0.2, 0.25) is 0 Å². The highest BCUT2D eigenvalue weighted by atomic mass is 32.2. The predicted octanol–water partition coefficient (Wildman–Crippen LogP) is 1.72. The van der Waals surface area contributed by atoms with Crippen LogP contribution in [-0.4, -0.2) is 39.0 Å². The summed E-state index contributed by atoms with van der Waals surface area (Å²) in [5.74, 6) is 0.115. The molecule has 0 aliphatic carbocycles. The molecule has 124 valence electrons.